The molecule has 2 fully saturated rings. The van der Waals surface area contributed by atoms with E-state index in [1.165, 1.54) is 0 Å². The number of fused-ring (bicyclic) bond motifs is 1. The molecule has 0 unspecified atom stereocenters. The molecule has 0 aromatic heterocycles. The molecule has 2 aliphatic heterocycles. The van der Waals surface area contributed by atoms with Crippen LogP contribution in [-0.2, 0) is 4.79 Å². The molecule has 2 atom stereocenters. The van der Waals surface area contributed by atoms with Gasteiger partial charge in [0.05, 0.1) is 19.4 Å². The van der Waals surface area contributed by atoms with Crippen molar-refractivity contribution >= 4 is 12.0 Å². The minimum absolute atomic E-state index is 0.0448. The molecule has 1 saturated heterocycles. The maximum atomic E-state index is 15.9. The normalized spacial score (nSPS) is 22.6. The van der Waals surface area contributed by atoms with Gasteiger partial charge >= 0.3 is 0 Å². The van der Waals surface area contributed by atoms with Crippen LogP contribution in [0.3, 0.4) is 0 Å². The molecule has 5 nitrogen and oxygen atoms in total. The van der Waals surface area contributed by atoms with Gasteiger partial charge < -0.3 is 24.3 Å². The number of halogens is 1. The second-order valence-corrected chi connectivity index (χ2v) is 10.9. The van der Waals surface area contributed by atoms with Crippen LogP contribution in [0.2, 0.25) is 0 Å². The Hall–Kier alpha value is -3.54. The van der Waals surface area contributed by atoms with Crippen LogP contribution in [-0.4, -0.2) is 38.2 Å². The van der Waals surface area contributed by atoms with E-state index in [-0.39, 0.29) is 34.7 Å². The van der Waals surface area contributed by atoms with E-state index in [1.807, 2.05) is 30.3 Å². The van der Waals surface area contributed by atoms with E-state index in [1.54, 1.807) is 25.3 Å². The number of carbonyl (C=O) groups excluding carboxylic acids is 1. The zero-order chi connectivity index (χ0) is 25.6. The number of phenolic OH excluding ortho intramolecular Hbond substituents is 1. The molecule has 2 heterocycles. The first kappa shape index (κ1) is 23.8. The Labute approximate surface area is 216 Å². The number of ether oxygens (including phenoxy) is 2. The van der Waals surface area contributed by atoms with Crippen molar-refractivity contribution < 1.29 is 23.8 Å². The van der Waals surface area contributed by atoms with Crippen molar-refractivity contribution in [3.63, 3.8) is 0 Å². The lowest BCUT2D eigenvalue weighted by Gasteiger charge is -2.51. The number of hydrogen-bond donors (Lipinski definition) is 1. The number of carbonyl (C=O) groups is 1. The molecule has 3 aromatic carbocycles. The second kappa shape index (κ2) is 9.40. The molecule has 3 aromatic rings. The fraction of sp³-hybridized carbons (Fsp3) is 0.387. The van der Waals surface area contributed by atoms with Crippen LogP contribution >= 0.6 is 0 Å². The molecule has 1 N–H and O–H groups in total. The van der Waals surface area contributed by atoms with Gasteiger partial charge in [-0.25, -0.2) is 4.39 Å². The number of nitrogens with zero attached hydrogens (tertiary/aromatic N) is 1. The molecule has 37 heavy (non-hydrogen) atoms. The van der Waals surface area contributed by atoms with Gasteiger partial charge in [-0.1, -0.05) is 36.4 Å². The van der Waals surface area contributed by atoms with Gasteiger partial charge in [-0.2, -0.15) is 0 Å². The lowest BCUT2D eigenvalue weighted by atomic mass is 9.58. The lowest BCUT2D eigenvalue weighted by molar-refractivity contribution is -0.118. The summed E-state index contributed by atoms with van der Waals surface area (Å²) < 4.78 is 27.8. The number of phenols is 1. The largest absolute Gasteiger partial charge is 0.508 e. The van der Waals surface area contributed by atoms with Gasteiger partial charge in [0.15, 0.2) is 0 Å². The zero-order valence-corrected chi connectivity index (χ0v) is 21.0. The third kappa shape index (κ3) is 4.22. The lowest BCUT2D eigenvalue weighted by Crippen LogP contribution is -2.47. The number of aldehydes is 1. The van der Waals surface area contributed by atoms with E-state index in [2.05, 4.69) is 17.0 Å². The summed E-state index contributed by atoms with van der Waals surface area (Å²) in [6, 6.07) is 18.7. The molecule has 1 aliphatic carbocycles. The average Bonchev–Trinajstić information content (AvgIpc) is 2.91. The summed E-state index contributed by atoms with van der Waals surface area (Å²) in [6.07, 6.45) is 4.98. The van der Waals surface area contributed by atoms with Crippen molar-refractivity contribution in [1.29, 1.82) is 0 Å². The smallest absolute Gasteiger partial charge is 0.147 e. The summed E-state index contributed by atoms with van der Waals surface area (Å²) in [7, 11) is 1.63. The van der Waals surface area contributed by atoms with Crippen molar-refractivity contribution in [1.82, 2.24) is 0 Å². The van der Waals surface area contributed by atoms with E-state index in [0.717, 1.165) is 61.7 Å². The number of aromatic hydroxyl groups is 1. The maximum absolute atomic E-state index is 15.9. The number of anilines is 1. The summed E-state index contributed by atoms with van der Waals surface area (Å²) >= 11 is 0. The van der Waals surface area contributed by atoms with E-state index in [9.17, 15) is 9.90 Å². The molecule has 1 spiro atoms. The van der Waals surface area contributed by atoms with Crippen molar-refractivity contribution in [2.75, 3.05) is 31.7 Å². The van der Waals surface area contributed by atoms with Crippen molar-refractivity contribution in [2.24, 2.45) is 11.3 Å². The van der Waals surface area contributed by atoms with E-state index in [0.29, 0.717) is 23.8 Å². The molecule has 1 saturated carbocycles. The van der Waals surface area contributed by atoms with E-state index in [4.69, 9.17) is 9.47 Å². The SMILES string of the molecule is COc1cc(N2CCC3(CC2)CC(C=O)C3)c(F)cc1[C@@H]1c2ccc(O)cc2OC[C@@H]1c1ccccc1. The molecule has 3 aliphatic rings. The van der Waals surface area contributed by atoms with Gasteiger partial charge in [0.25, 0.3) is 0 Å². The topological polar surface area (TPSA) is 59.0 Å². The Morgan fingerprint density at radius 2 is 1.81 bits per heavy atom. The number of methoxy groups -OCH3 is 1. The molecule has 0 radical (unpaired) electrons. The van der Waals surface area contributed by atoms with Crippen LogP contribution in [0.5, 0.6) is 17.2 Å². The Bertz CT molecular complexity index is 1290. The highest BCUT2D eigenvalue weighted by Gasteiger charge is 2.46. The van der Waals surface area contributed by atoms with Gasteiger partial charge in [0, 0.05) is 54.1 Å². The van der Waals surface area contributed by atoms with Crippen LogP contribution in [0.25, 0.3) is 0 Å². The van der Waals surface area contributed by atoms with Crippen LogP contribution in [0.15, 0.2) is 60.7 Å². The Balaban J connectivity index is 1.36. The summed E-state index contributed by atoms with van der Waals surface area (Å²) in [5.41, 5.74) is 3.60. The minimum atomic E-state index is -0.259. The van der Waals surface area contributed by atoms with Gasteiger partial charge in [-0.05, 0) is 48.8 Å². The van der Waals surface area contributed by atoms with E-state index < -0.39 is 0 Å². The molecule has 192 valence electrons. The highest BCUT2D eigenvalue weighted by molar-refractivity contribution is 5.60. The first-order valence-electron chi connectivity index (χ1n) is 13.1. The third-order valence-electron chi connectivity index (χ3n) is 8.76. The first-order valence-corrected chi connectivity index (χ1v) is 13.1. The predicted molar refractivity (Wildman–Crippen MR) is 140 cm³/mol. The van der Waals surface area contributed by atoms with Gasteiger partial charge in [-0.3, -0.25) is 0 Å². The summed E-state index contributed by atoms with van der Waals surface area (Å²) in [5.74, 6) is 1.08. The van der Waals surface area contributed by atoms with Crippen molar-refractivity contribution in [2.45, 2.75) is 37.5 Å². The highest BCUT2D eigenvalue weighted by atomic mass is 19.1. The number of hydrogen-bond acceptors (Lipinski definition) is 5. The Morgan fingerprint density at radius 1 is 1.05 bits per heavy atom. The summed E-state index contributed by atoms with van der Waals surface area (Å²) in [6.45, 7) is 1.96. The minimum Gasteiger partial charge on any atom is -0.508 e. The quantitative estimate of drug-likeness (QED) is 0.432. The number of benzene rings is 3. The summed E-state index contributed by atoms with van der Waals surface area (Å²) in [4.78, 5) is 13.2. The second-order valence-electron chi connectivity index (χ2n) is 10.9. The predicted octanol–water partition coefficient (Wildman–Crippen LogP) is 6.04. The molecule has 6 rings (SSSR count). The standard InChI is InChI=1S/C31H32FNO4/c1-36-28-15-27(33-11-9-31(10-12-33)16-20(17-31)18-34)26(32)14-24(28)30-23-8-7-22(35)13-29(23)37-19-25(30)21-5-3-2-4-6-21/h2-8,13-15,18,20,25,30,35H,9-12,16-17,19H2,1H3/t25-,30+/m1/s1. The monoisotopic (exact) mass is 501 g/mol. The van der Waals surface area contributed by atoms with E-state index >= 15 is 4.39 Å². The van der Waals surface area contributed by atoms with Gasteiger partial charge in [-0.15, -0.1) is 0 Å². The fourth-order valence-electron chi connectivity index (χ4n) is 6.77. The molecule has 6 heteroatoms. The maximum Gasteiger partial charge on any atom is 0.147 e. The van der Waals surface area contributed by atoms with Crippen LogP contribution in [0.4, 0.5) is 10.1 Å². The van der Waals surface area contributed by atoms with Gasteiger partial charge in [0.2, 0.25) is 0 Å². The van der Waals surface area contributed by atoms with Crippen molar-refractivity contribution in [3.8, 4) is 17.2 Å². The molecular weight excluding hydrogens is 469 g/mol. The zero-order valence-electron chi connectivity index (χ0n) is 21.0. The van der Waals surface area contributed by atoms with Crippen LogP contribution in [0.1, 0.15) is 54.2 Å². The summed E-state index contributed by atoms with van der Waals surface area (Å²) in [5, 5.41) is 10.1. The van der Waals surface area contributed by atoms with Crippen LogP contribution < -0.4 is 14.4 Å². The average molecular weight is 502 g/mol. The number of rotatable bonds is 5. The Morgan fingerprint density at radius 3 is 2.51 bits per heavy atom. The highest BCUT2D eigenvalue weighted by Crippen LogP contribution is 2.53. The van der Waals surface area contributed by atoms with Crippen LogP contribution in [0, 0.1) is 17.2 Å². The van der Waals surface area contributed by atoms with Crippen molar-refractivity contribution in [3.05, 3.63) is 83.2 Å². The Kier molecular flexibility index (Phi) is 6.06. The first-order chi connectivity index (χ1) is 18.0. The van der Waals surface area contributed by atoms with Gasteiger partial charge in [0.1, 0.15) is 29.4 Å². The molecule has 0 amide bonds. The number of piperidine rings is 1. The molecular formula is C31H32FNO4. The fourth-order valence-corrected chi connectivity index (χ4v) is 6.77. The molecule has 0 bridgehead atoms. The third-order valence-corrected chi connectivity index (χ3v) is 8.76.